The average molecular weight is 506 g/mol. The molecule has 0 amide bonds. The van der Waals surface area contributed by atoms with Crippen LogP contribution in [-0.2, 0) is 20.0 Å². The molecule has 0 radical (unpaired) electrons. The summed E-state index contributed by atoms with van der Waals surface area (Å²) in [6.45, 7) is 1.03. The van der Waals surface area contributed by atoms with Crippen molar-refractivity contribution in [3.05, 3.63) is 40.8 Å². The van der Waals surface area contributed by atoms with Crippen LogP contribution in [0.4, 0.5) is 0 Å². The first-order chi connectivity index (χ1) is 16.1. The first-order valence-corrected chi connectivity index (χ1v) is 13.1. The lowest BCUT2D eigenvalue weighted by Crippen LogP contribution is -2.37. The third-order valence-corrected chi connectivity index (χ3v) is 8.17. The molecule has 1 unspecified atom stereocenters. The SMILES string of the molecule is NS(=O)(=O)c1c(S(=O)(=O)NC2CCNC2)ccc(-c2cccc3[nH]c(=O)[nH]c23)c1-c1nn[nH]n1. The van der Waals surface area contributed by atoms with E-state index in [9.17, 15) is 21.6 Å². The Labute approximate surface area is 192 Å². The van der Waals surface area contributed by atoms with Crippen LogP contribution in [0.25, 0.3) is 33.5 Å². The molecule has 2 aromatic carbocycles. The Bertz CT molecular complexity index is 1650. The van der Waals surface area contributed by atoms with Gasteiger partial charge >= 0.3 is 5.69 Å². The number of H-pyrrole nitrogens is 3. The van der Waals surface area contributed by atoms with E-state index in [1.165, 1.54) is 6.07 Å². The highest BCUT2D eigenvalue weighted by Crippen LogP contribution is 2.40. The van der Waals surface area contributed by atoms with Crippen molar-refractivity contribution in [3.8, 4) is 22.5 Å². The molecular weight excluding hydrogens is 486 g/mol. The predicted octanol–water partition coefficient (Wildman–Crippen LogP) is -1.01. The number of sulfonamides is 2. The number of primary sulfonamides is 1. The number of rotatable bonds is 6. The van der Waals surface area contributed by atoms with E-state index in [-0.39, 0.29) is 17.0 Å². The topological polar surface area (TPSA) is 221 Å². The van der Waals surface area contributed by atoms with Crippen LogP contribution in [0.1, 0.15) is 6.42 Å². The van der Waals surface area contributed by atoms with E-state index in [0.717, 1.165) is 6.07 Å². The molecule has 5 rings (SSSR count). The second kappa shape index (κ2) is 8.10. The third-order valence-electron chi connectivity index (χ3n) is 5.49. The highest BCUT2D eigenvalue weighted by atomic mass is 32.2. The van der Waals surface area contributed by atoms with Crippen molar-refractivity contribution in [2.24, 2.45) is 5.14 Å². The number of para-hydroxylation sites is 1. The molecule has 0 spiro atoms. The molecule has 2 aromatic heterocycles. The number of nitrogens with one attached hydrogen (secondary N) is 5. The highest BCUT2D eigenvalue weighted by Gasteiger charge is 2.34. The van der Waals surface area contributed by atoms with Crippen molar-refractivity contribution in [3.63, 3.8) is 0 Å². The van der Waals surface area contributed by atoms with Gasteiger partial charge in [0.15, 0.2) is 0 Å². The first-order valence-electron chi connectivity index (χ1n) is 10.0. The van der Waals surface area contributed by atoms with E-state index in [1.807, 2.05) is 0 Å². The van der Waals surface area contributed by atoms with E-state index in [1.54, 1.807) is 18.2 Å². The van der Waals surface area contributed by atoms with Crippen molar-refractivity contribution in [1.29, 1.82) is 0 Å². The van der Waals surface area contributed by atoms with Gasteiger partial charge in [0.25, 0.3) is 0 Å². The molecule has 3 heterocycles. The molecule has 1 aliphatic heterocycles. The smallest absolute Gasteiger partial charge is 0.315 e. The summed E-state index contributed by atoms with van der Waals surface area (Å²) in [6, 6.07) is 7.11. The predicted molar refractivity (Wildman–Crippen MR) is 120 cm³/mol. The molecule has 1 fully saturated rings. The molecule has 1 saturated heterocycles. The van der Waals surface area contributed by atoms with Crippen LogP contribution in [0, 0.1) is 0 Å². The summed E-state index contributed by atoms with van der Waals surface area (Å²) < 4.78 is 54.7. The van der Waals surface area contributed by atoms with Crippen LogP contribution in [0.15, 0.2) is 44.9 Å². The summed E-state index contributed by atoms with van der Waals surface area (Å²) in [6.07, 6.45) is 0.544. The molecule has 1 aliphatic rings. The van der Waals surface area contributed by atoms with Crippen molar-refractivity contribution < 1.29 is 16.8 Å². The zero-order valence-corrected chi connectivity index (χ0v) is 19.0. The van der Waals surface area contributed by atoms with Gasteiger partial charge in [-0.2, -0.15) is 5.21 Å². The number of fused-ring (bicyclic) bond motifs is 1. The molecule has 16 heteroatoms. The monoisotopic (exact) mass is 505 g/mol. The lowest BCUT2D eigenvalue weighted by Gasteiger charge is -2.18. The lowest BCUT2D eigenvalue weighted by atomic mass is 9.98. The van der Waals surface area contributed by atoms with Crippen molar-refractivity contribution in [2.45, 2.75) is 22.3 Å². The Morgan fingerprint density at radius 3 is 2.56 bits per heavy atom. The lowest BCUT2D eigenvalue weighted by molar-refractivity contribution is 0.555. The number of nitrogens with zero attached hydrogens (tertiary/aromatic N) is 3. The van der Waals surface area contributed by atoms with Gasteiger partial charge < -0.3 is 15.3 Å². The maximum Gasteiger partial charge on any atom is 0.323 e. The number of benzene rings is 2. The van der Waals surface area contributed by atoms with Gasteiger partial charge in [0.2, 0.25) is 25.9 Å². The molecule has 0 bridgehead atoms. The first kappa shape index (κ1) is 22.4. The van der Waals surface area contributed by atoms with Crippen LogP contribution < -0.4 is 20.9 Å². The molecular formula is C18H19N9O5S2. The standard InChI is InChI=1S/C18H19N9O5S2/c19-33(29,30)16-13(34(31,32)25-9-6-7-20-8-9)5-4-10(14(16)17-23-26-27-24-17)11-2-1-3-12-15(11)22-18(28)21-12/h1-5,9,20,25H,6-8H2,(H2,19,29,30)(H2,21,22,28)(H,23,24,26,27). The van der Waals surface area contributed by atoms with Crippen LogP contribution in [0.2, 0.25) is 0 Å². The van der Waals surface area contributed by atoms with Crippen molar-refractivity contribution >= 4 is 31.1 Å². The minimum atomic E-state index is -4.62. The van der Waals surface area contributed by atoms with Crippen LogP contribution in [0.5, 0.6) is 0 Å². The fourth-order valence-electron chi connectivity index (χ4n) is 4.09. The summed E-state index contributed by atoms with van der Waals surface area (Å²) in [4.78, 5) is 16.0. The molecule has 7 N–H and O–H groups in total. The number of tetrazole rings is 1. The molecule has 1 atom stereocenters. The van der Waals surface area contributed by atoms with Gasteiger partial charge in [0, 0.05) is 18.2 Å². The maximum atomic E-state index is 13.3. The van der Waals surface area contributed by atoms with Crippen molar-refractivity contribution in [1.82, 2.24) is 40.6 Å². The van der Waals surface area contributed by atoms with Gasteiger partial charge in [-0.1, -0.05) is 18.2 Å². The second-order valence-electron chi connectivity index (χ2n) is 7.71. The molecule has 0 saturated carbocycles. The minimum Gasteiger partial charge on any atom is -0.315 e. The van der Waals surface area contributed by atoms with Gasteiger partial charge in [-0.3, -0.25) is 0 Å². The van der Waals surface area contributed by atoms with E-state index in [0.29, 0.717) is 36.1 Å². The molecule has 14 nitrogen and oxygen atoms in total. The summed E-state index contributed by atoms with van der Waals surface area (Å²) in [7, 11) is -8.93. The Balaban J connectivity index is 1.84. The summed E-state index contributed by atoms with van der Waals surface area (Å²) >= 11 is 0. The Hall–Kier alpha value is -3.44. The summed E-state index contributed by atoms with van der Waals surface area (Å²) in [5.41, 5.74) is 0.835. The van der Waals surface area contributed by atoms with Gasteiger partial charge in [-0.15, -0.1) is 10.2 Å². The fourth-order valence-corrected chi connectivity index (χ4v) is 6.96. The zero-order chi connectivity index (χ0) is 24.1. The number of hydrogen-bond donors (Lipinski definition) is 6. The third kappa shape index (κ3) is 3.90. The number of aromatic amines is 3. The van der Waals surface area contributed by atoms with Gasteiger partial charge in [0.05, 0.1) is 16.6 Å². The van der Waals surface area contributed by atoms with Crippen LogP contribution in [0.3, 0.4) is 0 Å². The fraction of sp³-hybridized carbons (Fsp3) is 0.222. The molecule has 34 heavy (non-hydrogen) atoms. The van der Waals surface area contributed by atoms with Gasteiger partial charge in [-0.05, 0) is 35.9 Å². The average Bonchev–Trinajstić information content (AvgIpc) is 3.53. The number of hydrogen-bond acceptors (Lipinski definition) is 9. The largest absolute Gasteiger partial charge is 0.323 e. The van der Waals surface area contributed by atoms with Crippen LogP contribution in [-0.4, -0.2) is 66.6 Å². The minimum absolute atomic E-state index is 0.168. The van der Waals surface area contributed by atoms with Gasteiger partial charge in [0.1, 0.15) is 9.79 Å². The Morgan fingerprint density at radius 2 is 1.88 bits per heavy atom. The van der Waals surface area contributed by atoms with Crippen molar-refractivity contribution in [2.75, 3.05) is 13.1 Å². The quantitative estimate of drug-likeness (QED) is 0.189. The highest BCUT2D eigenvalue weighted by molar-refractivity contribution is 7.92. The summed E-state index contributed by atoms with van der Waals surface area (Å²) in [5.74, 6) is -0.187. The Morgan fingerprint density at radius 1 is 1.06 bits per heavy atom. The van der Waals surface area contributed by atoms with E-state index >= 15 is 0 Å². The Kier molecular flexibility index (Phi) is 5.33. The second-order valence-corrected chi connectivity index (χ2v) is 10.9. The van der Waals surface area contributed by atoms with Gasteiger partial charge in [-0.25, -0.2) is 31.5 Å². The number of imidazole rings is 1. The number of nitrogens with two attached hydrogens (primary N) is 1. The van der Waals surface area contributed by atoms with E-state index < -0.39 is 41.6 Å². The molecule has 4 aromatic rings. The molecule has 178 valence electrons. The van der Waals surface area contributed by atoms with Crippen LogP contribution >= 0.6 is 0 Å². The molecule has 0 aliphatic carbocycles. The van der Waals surface area contributed by atoms with E-state index in [4.69, 9.17) is 5.14 Å². The maximum absolute atomic E-state index is 13.3. The number of aromatic nitrogens is 6. The van der Waals surface area contributed by atoms with E-state index in [2.05, 4.69) is 40.6 Å². The zero-order valence-electron chi connectivity index (χ0n) is 17.4. The summed E-state index contributed by atoms with van der Waals surface area (Å²) in [5, 5.41) is 22.1. The normalized spacial score (nSPS) is 16.9.